The molecule has 0 bridgehead atoms. The van der Waals surface area contributed by atoms with Gasteiger partial charge in [0, 0.05) is 45.3 Å². The van der Waals surface area contributed by atoms with E-state index in [1.54, 1.807) is 24.3 Å². The molecule has 0 unspecified atom stereocenters. The van der Waals surface area contributed by atoms with Crippen molar-refractivity contribution in [1.29, 1.82) is 0 Å². The third-order valence-electron chi connectivity index (χ3n) is 4.66. The fourth-order valence-electron chi connectivity index (χ4n) is 3.33. The lowest BCUT2D eigenvalue weighted by atomic mass is 10.2. The minimum atomic E-state index is -3.45. The van der Waals surface area contributed by atoms with E-state index in [-0.39, 0.29) is 6.04 Å². The molecule has 1 aliphatic rings. The second-order valence-electron chi connectivity index (χ2n) is 6.90. The molecule has 0 spiro atoms. The lowest BCUT2D eigenvalue weighted by molar-refractivity contribution is 0.122. The number of hydrogen-bond acceptors (Lipinski definition) is 4. The molecule has 1 fully saturated rings. The summed E-state index contributed by atoms with van der Waals surface area (Å²) in [6.07, 6.45) is 0. The van der Waals surface area contributed by atoms with Crippen molar-refractivity contribution in [2.24, 2.45) is 0 Å². The highest BCUT2D eigenvalue weighted by Gasteiger charge is 2.22. The van der Waals surface area contributed by atoms with Gasteiger partial charge < -0.3 is 0 Å². The molecule has 6 heteroatoms. The highest BCUT2D eigenvalue weighted by Crippen LogP contribution is 2.11. The number of sulfonamides is 1. The Hall–Kier alpha value is -1.73. The van der Waals surface area contributed by atoms with Gasteiger partial charge in [-0.15, -0.1) is 0 Å². The molecule has 3 rings (SSSR count). The highest BCUT2D eigenvalue weighted by molar-refractivity contribution is 7.89. The molecule has 1 heterocycles. The van der Waals surface area contributed by atoms with Crippen molar-refractivity contribution < 1.29 is 8.42 Å². The zero-order valence-corrected chi connectivity index (χ0v) is 16.0. The molecule has 0 aliphatic carbocycles. The molecule has 140 valence electrons. The van der Waals surface area contributed by atoms with Gasteiger partial charge in [0.15, 0.2) is 0 Å². The largest absolute Gasteiger partial charge is 0.299 e. The van der Waals surface area contributed by atoms with E-state index in [2.05, 4.69) is 38.8 Å². The summed E-state index contributed by atoms with van der Waals surface area (Å²) in [6.45, 7) is 7.57. The fourth-order valence-corrected chi connectivity index (χ4v) is 4.58. The highest BCUT2D eigenvalue weighted by atomic mass is 32.2. The molecule has 1 N–H and O–H groups in total. The number of benzene rings is 2. The Kier molecular flexibility index (Phi) is 6.43. The van der Waals surface area contributed by atoms with Gasteiger partial charge in [0.05, 0.1) is 4.90 Å². The molecule has 0 radical (unpaired) electrons. The molecule has 0 amide bonds. The molecular formula is C20H27N3O2S. The zero-order chi connectivity index (χ0) is 18.4. The first-order chi connectivity index (χ1) is 12.5. The lowest BCUT2D eigenvalue weighted by Crippen LogP contribution is -2.50. The number of nitrogens with zero attached hydrogens (tertiary/aromatic N) is 2. The molecule has 0 saturated carbocycles. The van der Waals surface area contributed by atoms with Crippen molar-refractivity contribution in [3.05, 3.63) is 66.2 Å². The van der Waals surface area contributed by atoms with Crippen LogP contribution in [0.3, 0.4) is 0 Å². The number of piperazine rings is 1. The van der Waals surface area contributed by atoms with Crippen LogP contribution in [0.25, 0.3) is 0 Å². The van der Waals surface area contributed by atoms with Crippen LogP contribution in [0, 0.1) is 0 Å². The second-order valence-corrected chi connectivity index (χ2v) is 8.61. The predicted molar refractivity (Wildman–Crippen MR) is 104 cm³/mol. The summed E-state index contributed by atoms with van der Waals surface area (Å²) in [5, 5.41) is 0. The Morgan fingerprint density at radius 2 is 1.42 bits per heavy atom. The van der Waals surface area contributed by atoms with Gasteiger partial charge in [-0.25, -0.2) is 13.1 Å². The summed E-state index contributed by atoms with van der Waals surface area (Å²) in [6, 6.07) is 18.9. The van der Waals surface area contributed by atoms with Crippen molar-refractivity contribution >= 4 is 10.0 Å². The number of hydrogen-bond donors (Lipinski definition) is 1. The Morgan fingerprint density at radius 3 is 2.04 bits per heavy atom. The van der Waals surface area contributed by atoms with Crippen LogP contribution in [-0.4, -0.2) is 57.0 Å². The van der Waals surface area contributed by atoms with Gasteiger partial charge >= 0.3 is 0 Å². The molecule has 1 atom stereocenters. The smallest absolute Gasteiger partial charge is 0.240 e. The normalized spacial score (nSPS) is 17.9. The average molecular weight is 374 g/mol. The van der Waals surface area contributed by atoms with Crippen molar-refractivity contribution in [2.45, 2.75) is 24.4 Å². The first-order valence-electron chi connectivity index (χ1n) is 9.09. The molecule has 1 aliphatic heterocycles. The third-order valence-corrected chi connectivity index (χ3v) is 6.26. The van der Waals surface area contributed by atoms with Gasteiger partial charge in [-0.05, 0) is 24.6 Å². The molecular weight excluding hydrogens is 346 g/mol. The predicted octanol–water partition coefficient (Wildman–Crippen LogP) is 2.17. The number of nitrogens with one attached hydrogen (secondary N) is 1. The van der Waals surface area contributed by atoms with Crippen LogP contribution in [-0.2, 0) is 16.6 Å². The van der Waals surface area contributed by atoms with Crippen LogP contribution in [0.1, 0.15) is 12.5 Å². The van der Waals surface area contributed by atoms with Crippen LogP contribution in [0.2, 0.25) is 0 Å². The van der Waals surface area contributed by atoms with E-state index < -0.39 is 10.0 Å². The SMILES string of the molecule is C[C@@H](CN1CCN(Cc2ccccc2)CC1)NS(=O)(=O)c1ccccc1. The molecule has 2 aromatic carbocycles. The third kappa shape index (κ3) is 5.38. The van der Waals surface area contributed by atoms with E-state index in [0.717, 1.165) is 39.3 Å². The van der Waals surface area contributed by atoms with E-state index >= 15 is 0 Å². The molecule has 5 nitrogen and oxygen atoms in total. The first kappa shape index (κ1) is 19.0. The average Bonchev–Trinajstić information content (AvgIpc) is 2.64. The zero-order valence-electron chi connectivity index (χ0n) is 15.2. The van der Waals surface area contributed by atoms with Gasteiger partial charge in [0.25, 0.3) is 0 Å². The molecule has 0 aromatic heterocycles. The quantitative estimate of drug-likeness (QED) is 0.808. The van der Waals surface area contributed by atoms with Gasteiger partial charge in [-0.2, -0.15) is 0 Å². The molecule has 26 heavy (non-hydrogen) atoms. The summed E-state index contributed by atoms with van der Waals surface area (Å²) in [5.74, 6) is 0. The van der Waals surface area contributed by atoms with Gasteiger partial charge in [0.1, 0.15) is 0 Å². The Labute approximate surface area is 156 Å². The van der Waals surface area contributed by atoms with Gasteiger partial charge in [-0.1, -0.05) is 48.5 Å². The van der Waals surface area contributed by atoms with Crippen molar-refractivity contribution in [1.82, 2.24) is 14.5 Å². The minimum Gasteiger partial charge on any atom is -0.299 e. The van der Waals surface area contributed by atoms with Crippen molar-refractivity contribution in [3.8, 4) is 0 Å². The first-order valence-corrected chi connectivity index (χ1v) is 10.6. The second kappa shape index (κ2) is 8.77. The molecule has 2 aromatic rings. The van der Waals surface area contributed by atoms with Crippen LogP contribution < -0.4 is 4.72 Å². The standard InChI is InChI=1S/C20H27N3O2S/c1-18(21-26(24,25)20-10-6-3-7-11-20)16-22-12-14-23(15-13-22)17-19-8-4-2-5-9-19/h2-11,18,21H,12-17H2,1H3/t18-/m0/s1. The van der Waals surface area contributed by atoms with E-state index in [1.807, 2.05) is 19.1 Å². The van der Waals surface area contributed by atoms with Gasteiger partial charge in [0.2, 0.25) is 10.0 Å². The fraction of sp³-hybridized carbons (Fsp3) is 0.400. The lowest BCUT2D eigenvalue weighted by Gasteiger charge is -2.36. The maximum absolute atomic E-state index is 12.4. The van der Waals surface area contributed by atoms with Crippen molar-refractivity contribution in [2.75, 3.05) is 32.7 Å². The van der Waals surface area contributed by atoms with E-state index in [1.165, 1.54) is 5.56 Å². The molecule has 1 saturated heterocycles. The Morgan fingerprint density at radius 1 is 0.885 bits per heavy atom. The van der Waals surface area contributed by atoms with Gasteiger partial charge in [-0.3, -0.25) is 9.80 Å². The number of rotatable bonds is 7. The summed E-state index contributed by atoms with van der Waals surface area (Å²) in [4.78, 5) is 5.10. The monoisotopic (exact) mass is 373 g/mol. The van der Waals surface area contributed by atoms with E-state index in [9.17, 15) is 8.42 Å². The van der Waals surface area contributed by atoms with E-state index in [4.69, 9.17) is 0 Å². The van der Waals surface area contributed by atoms with Crippen LogP contribution in [0.5, 0.6) is 0 Å². The maximum Gasteiger partial charge on any atom is 0.240 e. The minimum absolute atomic E-state index is 0.124. The van der Waals surface area contributed by atoms with Crippen LogP contribution >= 0.6 is 0 Å². The van der Waals surface area contributed by atoms with Crippen LogP contribution in [0.4, 0.5) is 0 Å². The maximum atomic E-state index is 12.4. The summed E-state index contributed by atoms with van der Waals surface area (Å²) >= 11 is 0. The summed E-state index contributed by atoms with van der Waals surface area (Å²) in [7, 11) is -3.45. The van der Waals surface area contributed by atoms with Crippen LogP contribution in [0.15, 0.2) is 65.6 Å². The summed E-state index contributed by atoms with van der Waals surface area (Å²) in [5.41, 5.74) is 1.34. The topological polar surface area (TPSA) is 52.6 Å². The Bertz CT molecular complexity index is 773. The Balaban J connectivity index is 1.45. The van der Waals surface area contributed by atoms with E-state index in [0.29, 0.717) is 4.90 Å². The van der Waals surface area contributed by atoms with Crippen molar-refractivity contribution in [3.63, 3.8) is 0 Å². The summed E-state index contributed by atoms with van der Waals surface area (Å²) < 4.78 is 27.6.